The molecule has 0 aliphatic carbocycles. The highest BCUT2D eigenvalue weighted by Crippen LogP contribution is 2.24. The van der Waals surface area contributed by atoms with Crippen LogP contribution in [-0.4, -0.2) is 60.9 Å². The van der Waals surface area contributed by atoms with E-state index in [0.29, 0.717) is 37.2 Å². The Kier molecular flexibility index (Phi) is 8.38. The zero-order valence-electron chi connectivity index (χ0n) is 15.5. The Labute approximate surface area is 159 Å². The van der Waals surface area contributed by atoms with Gasteiger partial charge < -0.3 is 10.6 Å². The number of thioether (sulfide) groups is 1. The zero-order chi connectivity index (χ0) is 18.9. The average Bonchev–Trinajstić information content (AvgIpc) is 2.95. The number of nitrogens with zero attached hydrogens (tertiary/aromatic N) is 1. The lowest BCUT2D eigenvalue weighted by molar-refractivity contribution is -0.122. The van der Waals surface area contributed by atoms with Crippen molar-refractivity contribution >= 4 is 23.6 Å². The fourth-order valence-electron chi connectivity index (χ4n) is 3.32. The standard InChI is InChI=1S/C19H28FN3O2S/c1-23-15(7-8-16(23)12-22-19(25)13-26-2)11-18(24)21-10-9-14-5-3-4-6-17(14)20/h3-6,15-16H,7-13H2,1-2H3,(H,21,24)(H,22,25)/t15-,16+/m1/s1. The molecule has 0 saturated carbocycles. The molecule has 1 saturated heterocycles. The molecular weight excluding hydrogens is 353 g/mol. The van der Waals surface area contributed by atoms with E-state index in [1.54, 1.807) is 18.2 Å². The summed E-state index contributed by atoms with van der Waals surface area (Å²) in [6, 6.07) is 7.09. The molecule has 1 aliphatic heterocycles. The number of likely N-dealkylation sites (N-methyl/N-ethyl adjacent to an activating group) is 1. The molecule has 0 unspecified atom stereocenters. The molecule has 0 aromatic heterocycles. The van der Waals surface area contributed by atoms with Crippen molar-refractivity contribution in [1.29, 1.82) is 0 Å². The number of carbonyl (C=O) groups excluding carboxylic acids is 2. The molecule has 144 valence electrons. The maximum Gasteiger partial charge on any atom is 0.230 e. The minimum atomic E-state index is -0.233. The van der Waals surface area contributed by atoms with Crippen LogP contribution in [0.4, 0.5) is 4.39 Å². The lowest BCUT2D eigenvalue weighted by Gasteiger charge is -2.25. The third-order valence-electron chi connectivity index (χ3n) is 4.89. The van der Waals surface area contributed by atoms with E-state index in [1.807, 2.05) is 13.3 Å². The lowest BCUT2D eigenvalue weighted by Crippen LogP contribution is -2.42. The zero-order valence-corrected chi connectivity index (χ0v) is 16.3. The van der Waals surface area contributed by atoms with Crippen molar-refractivity contribution in [1.82, 2.24) is 15.5 Å². The first-order valence-corrected chi connectivity index (χ1v) is 10.4. The van der Waals surface area contributed by atoms with Gasteiger partial charge >= 0.3 is 0 Å². The first-order chi connectivity index (χ1) is 12.5. The van der Waals surface area contributed by atoms with E-state index >= 15 is 0 Å². The highest BCUT2D eigenvalue weighted by Gasteiger charge is 2.31. The number of carbonyl (C=O) groups is 2. The molecule has 2 atom stereocenters. The van der Waals surface area contributed by atoms with E-state index in [4.69, 9.17) is 0 Å². The summed E-state index contributed by atoms with van der Waals surface area (Å²) in [7, 11) is 2.01. The van der Waals surface area contributed by atoms with Crippen molar-refractivity contribution < 1.29 is 14.0 Å². The second-order valence-electron chi connectivity index (χ2n) is 6.68. The van der Waals surface area contributed by atoms with E-state index in [2.05, 4.69) is 15.5 Å². The fraction of sp³-hybridized carbons (Fsp3) is 0.579. The summed E-state index contributed by atoms with van der Waals surface area (Å²) < 4.78 is 13.6. The van der Waals surface area contributed by atoms with Gasteiger partial charge in [0.2, 0.25) is 11.8 Å². The van der Waals surface area contributed by atoms with E-state index < -0.39 is 0 Å². The molecule has 2 amide bonds. The third-order valence-corrected chi connectivity index (χ3v) is 5.44. The van der Waals surface area contributed by atoms with Crippen LogP contribution in [0.2, 0.25) is 0 Å². The first kappa shape index (κ1) is 20.7. The van der Waals surface area contributed by atoms with Gasteiger partial charge in [-0.15, -0.1) is 0 Å². The van der Waals surface area contributed by atoms with Crippen LogP contribution in [0.25, 0.3) is 0 Å². The van der Waals surface area contributed by atoms with Crippen LogP contribution in [-0.2, 0) is 16.0 Å². The van der Waals surface area contributed by atoms with Crippen LogP contribution in [0.15, 0.2) is 24.3 Å². The number of benzene rings is 1. The Morgan fingerprint density at radius 3 is 2.65 bits per heavy atom. The SMILES string of the molecule is CSCC(=O)NC[C@@H]1CC[C@H](CC(=O)NCCc2ccccc2F)N1C. The van der Waals surface area contributed by atoms with Crippen LogP contribution in [0.5, 0.6) is 0 Å². The molecule has 26 heavy (non-hydrogen) atoms. The van der Waals surface area contributed by atoms with Gasteiger partial charge in [0.1, 0.15) is 5.82 Å². The summed E-state index contributed by atoms with van der Waals surface area (Å²) >= 11 is 1.51. The van der Waals surface area contributed by atoms with Crippen LogP contribution in [0.3, 0.4) is 0 Å². The minimum Gasteiger partial charge on any atom is -0.356 e. The van der Waals surface area contributed by atoms with E-state index in [0.717, 1.165) is 12.8 Å². The monoisotopic (exact) mass is 381 g/mol. The topological polar surface area (TPSA) is 61.4 Å². The van der Waals surface area contributed by atoms with Gasteiger partial charge in [-0.1, -0.05) is 18.2 Å². The second kappa shape index (κ2) is 10.5. The molecule has 1 aliphatic rings. The molecule has 1 aromatic carbocycles. The van der Waals surface area contributed by atoms with Crippen molar-refractivity contribution in [2.75, 3.05) is 32.1 Å². The van der Waals surface area contributed by atoms with Gasteiger partial charge in [0, 0.05) is 31.6 Å². The molecule has 2 rings (SSSR count). The van der Waals surface area contributed by atoms with Gasteiger partial charge in [0.15, 0.2) is 0 Å². The predicted molar refractivity (Wildman–Crippen MR) is 104 cm³/mol. The molecule has 0 bridgehead atoms. The Morgan fingerprint density at radius 1 is 1.19 bits per heavy atom. The number of likely N-dealkylation sites (tertiary alicyclic amines) is 1. The van der Waals surface area contributed by atoms with Gasteiger partial charge in [0.25, 0.3) is 0 Å². The number of rotatable bonds is 9. The van der Waals surface area contributed by atoms with Gasteiger partial charge in [0.05, 0.1) is 5.75 Å². The van der Waals surface area contributed by atoms with Crippen molar-refractivity contribution in [2.45, 2.75) is 37.8 Å². The predicted octanol–water partition coefficient (Wildman–Crippen LogP) is 1.82. The Bertz CT molecular complexity index is 614. The number of nitrogens with one attached hydrogen (secondary N) is 2. The van der Waals surface area contributed by atoms with Gasteiger partial charge in [-0.3, -0.25) is 14.5 Å². The van der Waals surface area contributed by atoms with Crippen LogP contribution < -0.4 is 10.6 Å². The maximum atomic E-state index is 13.6. The van der Waals surface area contributed by atoms with Crippen LogP contribution in [0.1, 0.15) is 24.8 Å². The molecule has 0 radical (unpaired) electrons. The molecule has 2 N–H and O–H groups in total. The quantitative estimate of drug-likeness (QED) is 0.685. The van der Waals surface area contributed by atoms with Crippen LogP contribution >= 0.6 is 11.8 Å². The highest BCUT2D eigenvalue weighted by molar-refractivity contribution is 7.99. The molecule has 1 aromatic rings. The van der Waals surface area contributed by atoms with Crippen molar-refractivity contribution in [3.05, 3.63) is 35.6 Å². The van der Waals surface area contributed by atoms with Gasteiger partial charge in [-0.05, 0) is 44.2 Å². The summed E-state index contributed by atoms with van der Waals surface area (Å²) in [6.45, 7) is 1.06. The fourth-order valence-corrected chi connectivity index (χ4v) is 3.68. The van der Waals surface area contributed by atoms with Gasteiger partial charge in [-0.2, -0.15) is 11.8 Å². The minimum absolute atomic E-state index is 0.00902. The molecule has 0 spiro atoms. The largest absolute Gasteiger partial charge is 0.356 e. The van der Waals surface area contributed by atoms with Crippen molar-refractivity contribution in [3.63, 3.8) is 0 Å². The smallest absolute Gasteiger partial charge is 0.230 e. The molecular formula is C19H28FN3O2S. The Balaban J connectivity index is 1.69. The van der Waals surface area contributed by atoms with Crippen molar-refractivity contribution in [3.8, 4) is 0 Å². The van der Waals surface area contributed by atoms with E-state index in [1.165, 1.54) is 17.8 Å². The molecule has 1 fully saturated rings. The molecule has 1 heterocycles. The molecule has 7 heteroatoms. The maximum absolute atomic E-state index is 13.6. The van der Waals surface area contributed by atoms with Crippen LogP contribution in [0, 0.1) is 5.82 Å². The van der Waals surface area contributed by atoms with Gasteiger partial charge in [-0.25, -0.2) is 4.39 Å². The summed E-state index contributed by atoms with van der Waals surface area (Å²) in [4.78, 5) is 25.9. The Morgan fingerprint density at radius 2 is 1.92 bits per heavy atom. The number of halogens is 1. The number of hydrogen-bond donors (Lipinski definition) is 2. The number of hydrogen-bond acceptors (Lipinski definition) is 4. The average molecular weight is 382 g/mol. The number of amides is 2. The summed E-state index contributed by atoms with van der Waals surface area (Å²) in [5, 5.41) is 5.83. The highest BCUT2D eigenvalue weighted by atomic mass is 32.2. The van der Waals surface area contributed by atoms with Crippen molar-refractivity contribution in [2.24, 2.45) is 0 Å². The normalized spacial score (nSPS) is 20.1. The summed E-state index contributed by atoms with van der Waals surface area (Å²) in [6.07, 6.45) is 4.75. The summed E-state index contributed by atoms with van der Waals surface area (Å²) in [5.41, 5.74) is 0.617. The first-order valence-electron chi connectivity index (χ1n) is 8.99. The summed E-state index contributed by atoms with van der Waals surface area (Å²) in [5.74, 6) is 0.290. The Hall–Kier alpha value is -1.60. The lowest BCUT2D eigenvalue weighted by atomic mass is 10.1. The van der Waals surface area contributed by atoms with E-state index in [9.17, 15) is 14.0 Å². The third kappa shape index (κ3) is 6.29. The molecule has 5 nitrogen and oxygen atoms in total. The van der Waals surface area contributed by atoms with E-state index in [-0.39, 0.29) is 29.7 Å². The second-order valence-corrected chi connectivity index (χ2v) is 7.55.